The average molecular weight is 256 g/mol. The van der Waals surface area contributed by atoms with Crippen LogP contribution >= 0.6 is 0 Å². The summed E-state index contributed by atoms with van der Waals surface area (Å²) < 4.78 is 16.5. The predicted octanol–water partition coefficient (Wildman–Crippen LogP) is 3.32. The minimum Gasteiger partial charge on any atom is -0.497 e. The smallest absolute Gasteiger partial charge is 0.125 e. The molecule has 2 aromatic rings. The molecular weight excluding hydrogens is 240 g/mol. The molecule has 0 fully saturated rings. The van der Waals surface area contributed by atoms with Crippen LogP contribution in [0, 0.1) is 0 Å². The van der Waals surface area contributed by atoms with Gasteiger partial charge in [-0.05, 0) is 29.3 Å². The van der Waals surface area contributed by atoms with E-state index in [2.05, 4.69) is 6.07 Å². The molecule has 1 atom stereocenters. The van der Waals surface area contributed by atoms with Gasteiger partial charge >= 0.3 is 0 Å². The fourth-order valence-corrected chi connectivity index (χ4v) is 2.49. The van der Waals surface area contributed by atoms with E-state index in [1.807, 2.05) is 36.4 Å². The zero-order valence-corrected chi connectivity index (χ0v) is 11.1. The lowest BCUT2D eigenvalue weighted by molar-refractivity contribution is 0.0928. The summed E-state index contributed by atoms with van der Waals surface area (Å²) in [5.41, 5.74) is 3.44. The van der Waals surface area contributed by atoms with Crippen molar-refractivity contribution in [1.82, 2.24) is 0 Å². The van der Waals surface area contributed by atoms with E-state index in [1.165, 1.54) is 5.56 Å². The van der Waals surface area contributed by atoms with Gasteiger partial charge in [0.2, 0.25) is 0 Å². The predicted molar refractivity (Wildman–Crippen MR) is 72.6 cm³/mol. The number of ether oxygens (including phenoxy) is 3. The Morgan fingerprint density at radius 2 is 1.79 bits per heavy atom. The van der Waals surface area contributed by atoms with Gasteiger partial charge in [0.15, 0.2) is 0 Å². The average Bonchev–Trinajstić information content (AvgIpc) is 2.91. The van der Waals surface area contributed by atoms with Crippen LogP contribution in [-0.4, -0.2) is 14.2 Å². The molecule has 1 heterocycles. The molecule has 0 aliphatic carbocycles. The van der Waals surface area contributed by atoms with Crippen LogP contribution in [0.2, 0.25) is 0 Å². The molecule has 1 aliphatic rings. The summed E-state index contributed by atoms with van der Waals surface area (Å²) in [6, 6.07) is 14.0. The van der Waals surface area contributed by atoms with E-state index in [1.54, 1.807) is 14.2 Å². The Bertz CT molecular complexity index is 575. The molecule has 0 bridgehead atoms. The zero-order chi connectivity index (χ0) is 13.2. The summed E-state index contributed by atoms with van der Waals surface area (Å²) in [7, 11) is 3.36. The van der Waals surface area contributed by atoms with Crippen molar-refractivity contribution < 1.29 is 14.2 Å². The van der Waals surface area contributed by atoms with Gasteiger partial charge in [-0.15, -0.1) is 0 Å². The Labute approximate surface area is 112 Å². The maximum atomic E-state index is 5.90. The number of fused-ring (bicyclic) bond motifs is 1. The van der Waals surface area contributed by atoms with E-state index in [0.717, 1.165) is 22.6 Å². The Morgan fingerprint density at radius 3 is 2.47 bits per heavy atom. The lowest BCUT2D eigenvalue weighted by atomic mass is 9.98. The van der Waals surface area contributed by atoms with Crippen LogP contribution in [0.4, 0.5) is 0 Å². The molecular formula is C16H16O3. The fourth-order valence-electron chi connectivity index (χ4n) is 2.49. The van der Waals surface area contributed by atoms with E-state index in [0.29, 0.717) is 6.61 Å². The summed E-state index contributed by atoms with van der Waals surface area (Å²) in [6.07, 6.45) is -0.0583. The van der Waals surface area contributed by atoms with Gasteiger partial charge in [-0.1, -0.05) is 24.3 Å². The second kappa shape index (κ2) is 4.94. The molecule has 19 heavy (non-hydrogen) atoms. The maximum Gasteiger partial charge on any atom is 0.125 e. The Morgan fingerprint density at radius 1 is 1.00 bits per heavy atom. The van der Waals surface area contributed by atoms with Crippen LogP contribution in [0.15, 0.2) is 42.5 Å². The van der Waals surface area contributed by atoms with Crippen LogP contribution < -0.4 is 9.47 Å². The summed E-state index contributed by atoms with van der Waals surface area (Å²) in [5, 5.41) is 0. The zero-order valence-electron chi connectivity index (χ0n) is 11.1. The molecule has 3 rings (SSSR count). The first-order chi connectivity index (χ1) is 9.33. The van der Waals surface area contributed by atoms with Gasteiger partial charge in [0, 0.05) is 5.56 Å². The van der Waals surface area contributed by atoms with E-state index < -0.39 is 0 Å². The molecule has 0 aromatic heterocycles. The van der Waals surface area contributed by atoms with E-state index in [9.17, 15) is 0 Å². The molecule has 0 radical (unpaired) electrons. The van der Waals surface area contributed by atoms with Crippen molar-refractivity contribution in [1.29, 1.82) is 0 Å². The van der Waals surface area contributed by atoms with Gasteiger partial charge in [-0.25, -0.2) is 0 Å². The first kappa shape index (κ1) is 12.1. The van der Waals surface area contributed by atoms with Gasteiger partial charge in [-0.2, -0.15) is 0 Å². The quantitative estimate of drug-likeness (QED) is 0.843. The van der Waals surface area contributed by atoms with Gasteiger partial charge in [-0.3, -0.25) is 0 Å². The highest BCUT2D eigenvalue weighted by atomic mass is 16.5. The minimum absolute atomic E-state index is 0.0583. The number of methoxy groups -OCH3 is 2. The molecule has 1 unspecified atom stereocenters. The molecule has 3 nitrogen and oxygen atoms in total. The highest BCUT2D eigenvalue weighted by molar-refractivity contribution is 5.48. The molecule has 2 aromatic carbocycles. The first-order valence-corrected chi connectivity index (χ1v) is 6.25. The molecule has 0 amide bonds. The summed E-state index contributed by atoms with van der Waals surface area (Å²) in [5.74, 6) is 1.73. The van der Waals surface area contributed by atoms with Gasteiger partial charge in [0.25, 0.3) is 0 Å². The lowest BCUT2D eigenvalue weighted by Gasteiger charge is -2.15. The fraction of sp³-hybridized carbons (Fsp3) is 0.250. The largest absolute Gasteiger partial charge is 0.497 e. The van der Waals surface area contributed by atoms with Crippen LogP contribution in [0.1, 0.15) is 22.8 Å². The van der Waals surface area contributed by atoms with Crippen LogP contribution in [-0.2, 0) is 11.3 Å². The van der Waals surface area contributed by atoms with Crippen molar-refractivity contribution in [2.75, 3.05) is 14.2 Å². The normalized spacial score (nSPS) is 17.1. The van der Waals surface area contributed by atoms with Gasteiger partial charge in [0.1, 0.15) is 17.6 Å². The third-order valence-electron chi connectivity index (χ3n) is 3.46. The number of hydrogen-bond donors (Lipinski definition) is 0. The van der Waals surface area contributed by atoms with E-state index in [-0.39, 0.29) is 6.10 Å². The van der Waals surface area contributed by atoms with Crippen LogP contribution in [0.3, 0.4) is 0 Å². The number of benzene rings is 2. The molecule has 3 heteroatoms. The lowest BCUT2D eigenvalue weighted by Crippen LogP contribution is -2.01. The molecule has 98 valence electrons. The van der Waals surface area contributed by atoms with Crippen LogP contribution in [0.5, 0.6) is 11.5 Å². The maximum absolute atomic E-state index is 5.90. The summed E-state index contributed by atoms with van der Waals surface area (Å²) in [6.45, 7) is 0.628. The van der Waals surface area contributed by atoms with Crippen molar-refractivity contribution in [3.63, 3.8) is 0 Å². The molecule has 0 spiro atoms. The molecule has 1 aliphatic heterocycles. The minimum atomic E-state index is -0.0583. The summed E-state index contributed by atoms with van der Waals surface area (Å²) in [4.78, 5) is 0. The van der Waals surface area contributed by atoms with Crippen molar-refractivity contribution >= 4 is 0 Å². The second-order valence-corrected chi connectivity index (χ2v) is 4.50. The number of rotatable bonds is 3. The monoisotopic (exact) mass is 256 g/mol. The summed E-state index contributed by atoms with van der Waals surface area (Å²) >= 11 is 0. The number of hydrogen-bond acceptors (Lipinski definition) is 3. The van der Waals surface area contributed by atoms with Crippen molar-refractivity contribution in [3.8, 4) is 11.5 Å². The topological polar surface area (TPSA) is 27.7 Å². The molecule has 0 N–H and O–H groups in total. The Balaban J connectivity index is 2.01. The van der Waals surface area contributed by atoms with Crippen molar-refractivity contribution in [2.45, 2.75) is 12.7 Å². The van der Waals surface area contributed by atoms with Crippen molar-refractivity contribution in [2.24, 2.45) is 0 Å². The van der Waals surface area contributed by atoms with Crippen molar-refractivity contribution in [3.05, 3.63) is 59.2 Å². The van der Waals surface area contributed by atoms with E-state index >= 15 is 0 Å². The third-order valence-corrected chi connectivity index (χ3v) is 3.46. The third kappa shape index (κ3) is 2.06. The highest BCUT2D eigenvalue weighted by Crippen LogP contribution is 2.41. The highest BCUT2D eigenvalue weighted by Gasteiger charge is 2.28. The molecule has 0 saturated carbocycles. The Hall–Kier alpha value is -2.00. The second-order valence-electron chi connectivity index (χ2n) is 4.50. The molecule has 0 saturated heterocycles. The first-order valence-electron chi connectivity index (χ1n) is 6.25. The van der Waals surface area contributed by atoms with Gasteiger partial charge in [0.05, 0.1) is 20.8 Å². The van der Waals surface area contributed by atoms with Gasteiger partial charge < -0.3 is 14.2 Å². The van der Waals surface area contributed by atoms with Crippen LogP contribution in [0.25, 0.3) is 0 Å². The SMILES string of the molecule is COc1ccc(C2OCc3cccc(OC)c32)cc1. The Kier molecular flexibility index (Phi) is 3.13. The van der Waals surface area contributed by atoms with E-state index in [4.69, 9.17) is 14.2 Å². The standard InChI is InChI=1S/C16H16O3/c1-17-13-8-6-11(7-9-13)16-15-12(10-19-16)4-3-5-14(15)18-2/h3-9,16H,10H2,1-2H3.